The van der Waals surface area contributed by atoms with Crippen LogP contribution in [-0.2, 0) is 9.59 Å². The molecule has 2 amide bonds. The Kier molecular flexibility index (Phi) is 8.04. The molecule has 2 aromatic carbocycles. The van der Waals surface area contributed by atoms with E-state index < -0.39 is 0 Å². The maximum absolute atomic E-state index is 12.3. The Bertz CT molecular complexity index is 998. The van der Waals surface area contributed by atoms with E-state index in [1.807, 2.05) is 43.0 Å². The molecule has 1 aliphatic heterocycles. The quantitative estimate of drug-likeness (QED) is 0.599. The monoisotopic (exact) mass is 475 g/mol. The van der Waals surface area contributed by atoms with Gasteiger partial charge in [0.25, 0.3) is 0 Å². The molecule has 0 radical (unpaired) electrons. The van der Waals surface area contributed by atoms with Gasteiger partial charge in [-0.05, 0) is 42.5 Å². The lowest BCUT2D eigenvalue weighted by atomic mass is 10.1. The average molecular weight is 476 g/mol. The van der Waals surface area contributed by atoms with Crippen LogP contribution in [0.25, 0.3) is 6.08 Å². The number of piperazine rings is 1. The molecule has 0 aromatic heterocycles. The molecular weight excluding hydrogens is 449 g/mol. The third kappa shape index (κ3) is 5.96. The Labute approximate surface area is 198 Å². The van der Waals surface area contributed by atoms with Crippen LogP contribution in [0, 0.1) is 5.92 Å². The smallest absolute Gasteiger partial charge is 0.248 e. The van der Waals surface area contributed by atoms with E-state index in [0.29, 0.717) is 27.0 Å². The molecular formula is C24H27Cl2N3O3. The van der Waals surface area contributed by atoms with Gasteiger partial charge in [-0.3, -0.25) is 9.59 Å². The summed E-state index contributed by atoms with van der Waals surface area (Å²) in [5.41, 5.74) is 2.37. The highest BCUT2D eigenvalue weighted by atomic mass is 35.5. The molecule has 1 N–H and O–H groups in total. The molecule has 32 heavy (non-hydrogen) atoms. The van der Waals surface area contributed by atoms with Crippen molar-refractivity contribution in [2.45, 2.75) is 13.8 Å². The molecule has 1 heterocycles. The van der Waals surface area contributed by atoms with Crippen LogP contribution >= 0.6 is 23.2 Å². The van der Waals surface area contributed by atoms with Gasteiger partial charge in [-0.15, -0.1) is 0 Å². The zero-order valence-corrected chi connectivity index (χ0v) is 19.9. The molecule has 0 aliphatic carbocycles. The number of halogens is 2. The first-order valence-corrected chi connectivity index (χ1v) is 11.2. The van der Waals surface area contributed by atoms with E-state index in [9.17, 15) is 9.59 Å². The van der Waals surface area contributed by atoms with E-state index in [2.05, 4.69) is 10.2 Å². The summed E-state index contributed by atoms with van der Waals surface area (Å²) in [6.45, 7) is 6.87. The number of nitrogens with zero attached hydrogens (tertiary/aromatic N) is 2. The van der Waals surface area contributed by atoms with Gasteiger partial charge >= 0.3 is 0 Å². The van der Waals surface area contributed by atoms with Crippen molar-refractivity contribution in [1.29, 1.82) is 0 Å². The topological polar surface area (TPSA) is 61.9 Å². The fourth-order valence-electron chi connectivity index (χ4n) is 3.57. The van der Waals surface area contributed by atoms with Crippen molar-refractivity contribution in [2.24, 2.45) is 5.92 Å². The number of rotatable bonds is 6. The molecule has 0 bridgehead atoms. The molecule has 170 valence electrons. The van der Waals surface area contributed by atoms with Crippen LogP contribution in [-0.4, -0.2) is 50.0 Å². The first-order valence-electron chi connectivity index (χ1n) is 10.4. The van der Waals surface area contributed by atoms with Crippen molar-refractivity contribution < 1.29 is 14.3 Å². The Hall–Kier alpha value is -2.70. The maximum Gasteiger partial charge on any atom is 0.248 e. The lowest BCUT2D eigenvalue weighted by Crippen LogP contribution is -2.49. The highest BCUT2D eigenvalue weighted by Crippen LogP contribution is 2.33. The van der Waals surface area contributed by atoms with Crippen LogP contribution in [0.5, 0.6) is 5.75 Å². The fourth-order valence-corrected chi connectivity index (χ4v) is 4.16. The Morgan fingerprint density at radius 1 is 1.06 bits per heavy atom. The molecule has 0 atom stereocenters. The molecule has 8 heteroatoms. The van der Waals surface area contributed by atoms with Gasteiger partial charge in [0.1, 0.15) is 5.75 Å². The molecule has 1 saturated heterocycles. The van der Waals surface area contributed by atoms with Crippen LogP contribution in [0.2, 0.25) is 10.0 Å². The Morgan fingerprint density at radius 3 is 2.31 bits per heavy atom. The zero-order chi connectivity index (χ0) is 23.3. The highest BCUT2D eigenvalue weighted by Gasteiger charge is 2.22. The van der Waals surface area contributed by atoms with E-state index >= 15 is 0 Å². The van der Waals surface area contributed by atoms with Gasteiger partial charge in [0.15, 0.2) is 0 Å². The summed E-state index contributed by atoms with van der Waals surface area (Å²) in [5, 5.41) is 3.68. The van der Waals surface area contributed by atoms with Gasteiger partial charge < -0.3 is 19.9 Å². The van der Waals surface area contributed by atoms with Gasteiger partial charge in [-0.2, -0.15) is 0 Å². The molecule has 1 aliphatic rings. The number of amides is 2. The van der Waals surface area contributed by atoms with Gasteiger partial charge in [-0.1, -0.05) is 37.0 Å². The number of ether oxygens (including phenoxy) is 1. The summed E-state index contributed by atoms with van der Waals surface area (Å²) in [6, 6.07) is 10.9. The molecule has 0 unspecified atom stereocenters. The summed E-state index contributed by atoms with van der Waals surface area (Å²) in [5.74, 6) is 0.403. The van der Waals surface area contributed by atoms with E-state index in [0.717, 1.165) is 31.9 Å². The van der Waals surface area contributed by atoms with Gasteiger partial charge in [0.2, 0.25) is 11.8 Å². The van der Waals surface area contributed by atoms with E-state index in [1.165, 1.54) is 13.2 Å². The predicted molar refractivity (Wildman–Crippen MR) is 131 cm³/mol. The zero-order valence-electron chi connectivity index (χ0n) is 18.4. The van der Waals surface area contributed by atoms with E-state index in [1.54, 1.807) is 18.2 Å². The van der Waals surface area contributed by atoms with Crippen LogP contribution < -0.4 is 15.0 Å². The molecule has 6 nitrogen and oxygen atoms in total. The molecule has 0 spiro atoms. The van der Waals surface area contributed by atoms with Crippen LogP contribution in [0.15, 0.2) is 42.5 Å². The number of nitrogens with one attached hydrogen (secondary N) is 1. The van der Waals surface area contributed by atoms with Crippen LogP contribution in [0.3, 0.4) is 0 Å². The van der Waals surface area contributed by atoms with Crippen molar-refractivity contribution >= 4 is 52.5 Å². The molecule has 3 rings (SSSR count). The minimum Gasteiger partial charge on any atom is -0.495 e. The van der Waals surface area contributed by atoms with Crippen molar-refractivity contribution in [1.82, 2.24) is 4.90 Å². The third-order valence-corrected chi connectivity index (χ3v) is 5.74. The van der Waals surface area contributed by atoms with Crippen molar-refractivity contribution in [3.05, 3.63) is 58.1 Å². The SMILES string of the molecule is COc1c(Cl)cc(Cl)cc1C=CC(=O)Nc1ccc(N2CCN(C(=O)C(C)C)CC2)cc1. The van der Waals surface area contributed by atoms with E-state index in [-0.39, 0.29) is 17.7 Å². The number of benzene rings is 2. The first kappa shape index (κ1) is 24.0. The molecule has 2 aromatic rings. The number of carbonyl (C=O) groups is 2. The summed E-state index contributed by atoms with van der Waals surface area (Å²) in [7, 11) is 1.51. The number of hydrogen-bond acceptors (Lipinski definition) is 4. The third-order valence-electron chi connectivity index (χ3n) is 5.24. The number of methoxy groups -OCH3 is 1. The van der Waals surface area contributed by atoms with Gasteiger partial charge in [0.05, 0.1) is 12.1 Å². The summed E-state index contributed by atoms with van der Waals surface area (Å²) in [4.78, 5) is 28.6. The second-order valence-electron chi connectivity index (χ2n) is 7.85. The largest absolute Gasteiger partial charge is 0.495 e. The maximum atomic E-state index is 12.3. The van der Waals surface area contributed by atoms with Crippen LogP contribution in [0.1, 0.15) is 19.4 Å². The second-order valence-corrected chi connectivity index (χ2v) is 8.69. The second kappa shape index (κ2) is 10.7. The number of hydrogen-bond donors (Lipinski definition) is 1. The standard InChI is InChI=1S/C24H27Cl2N3O3/c1-16(2)24(31)29-12-10-28(11-13-29)20-7-5-19(6-8-20)27-22(30)9-4-17-14-18(25)15-21(26)23(17)32-3/h4-9,14-16H,10-13H2,1-3H3,(H,27,30). The Morgan fingerprint density at radius 2 is 1.72 bits per heavy atom. The normalized spacial score (nSPS) is 14.2. The van der Waals surface area contributed by atoms with Crippen molar-refractivity contribution in [3.8, 4) is 5.75 Å². The average Bonchev–Trinajstić information content (AvgIpc) is 2.77. The van der Waals surface area contributed by atoms with E-state index in [4.69, 9.17) is 27.9 Å². The molecule has 0 saturated carbocycles. The first-order chi connectivity index (χ1) is 15.3. The lowest BCUT2D eigenvalue weighted by Gasteiger charge is -2.37. The molecule has 1 fully saturated rings. The number of anilines is 2. The lowest BCUT2D eigenvalue weighted by molar-refractivity contribution is -0.134. The summed E-state index contributed by atoms with van der Waals surface area (Å²) >= 11 is 12.2. The minimum absolute atomic E-state index is 0.0236. The highest BCUT2D eigenvalue weighted by molar-refractivity contribution is 6.36. The fraction of sp³-hybridized carbons (Fsp3) is 0.333. The summed E-state index contributed by atoms with van der Waals surface area (Å²) < 4.78 is 5.28. The number of carbonyl (C=O) groups excluding carboxylic acids is 2. The Balaban J connectivity index is 1.58. The van der Waals surface area contributed by atoms with Crippen molar-refractivity contribution in [2.75, 3.05) is 43.5 Å². The summed E-state index contributed by atoms with van der Waals surface area (Å²) in [6.07, 6.45) is 3.02. The van der Waals surface area contributed by atoms with Gasteiger partial charge in [0, 0.05) is 60.1 Å². The predicted octanol–water partition coefficient (Wildman–Crippen LogP) is 4.96. The van der Waals surface area contributed by atoms with Crippen LogP contribution in [0.4, 0.5) is 11.4 Å². The minimum atomic E-state index is -0.281. The van der Waals surface area contributed by atoms with Gasteiger partial charge in [-0.25, -0.2) is 0 Å². The van der Waals surface area contributed by atoms with Crippen molar-refractivity contribution in [3.63, 3.8) is 0 Å².